The number of hydrogen-bond donors (Lipinski definition) is 2. The van der Waals surface area contributed by atoms with Crippen molar-refractivity contribution in [1.29, 1.82) is 10.5 Å². The fourth-order valence-electron chi connectivity index (χ4n) is 0.981. The molecule has 1 rings (SSSR count). The van der Waals surface area contributed by atoms with Crippen LogP contribution in [-0.2, 0) is 9.59 Å². The highest BCUT2D eigenvalue weighted by Crippen LogP contribution is 2.23. The number of nitriles is 2. The van der Waals surface area contributed by atoms with Gasteiger partial charge in [0.2, 0.25) is 23.2 Å². The summed E-state index contributed by atoms with van der Waals surface area (Å²) in [6.07, 6.45) is 2.38. The molecule has 80 valence electrons. The quantitative estimate of drug-likeness (QED) is 0.377. The summed E-state index contributed by atoms with van der Waals surface area (Å²) in [5, 5.41) is 19.5. The van der Waals surface area contributed by atoms with Crippen molar-refractivity contribution < 1.29 is 18.4 Å². The van der Waals surface area contributed by atoms with Crippen LogP contribution in [-0.4, -0.2) is 11.6 Å². The van der Waals surface area contributed by atoms with Gasteiger partial charge in [0.15, 0.2) is 12.4 Å². The highest BCUT2D eigenvalue weighted by atomic mass is 19.1. The van der Waals surface area contributed by atoms with E-state index in [1.165, 1.54) is 12.4 Å². The second kappa shape index (κ2) is 4.19. The van der Waals surface area contributed by atoms with Crippen molar-refractivity contribution in [1.82, 2.24) is 10.6 Å². The molecule has 0 saturated heterocycles. The van der Waals surface area contributed by atoms with Crippen molar-refractivity contribution in [3.8, 4) is 12.4 Å². The van der Waals surface area contributed by atoms with E-state index in [1.54, 1.807) is 10.6 Å². The van der Waals surface area contributed by atoms with Gasteiger partial charge in [-0.25, -0.2) is 8.78 Å². The lowest BCUT2D eigenvalue weighted by atomic mass is 10.0. The smallest absolute Gasteiger partial charge is 0.243 e. The monoisotopic (exact) mass is 224 g/mol. The SMILES string of the molecule is N#CNC1=C(F)C(=O)C(NC#N)=C(F)C1=O. The number of Topliss-reactive ketones (excluding diaryl/α,β-unsaturated/α-hetero) is 2. The van der Waals surface area contributed by atoms with Crippen LogP contribution in [0.4, 0.5) is 8.78 Å². The number of carbonyl (C=O) groups is 2. The van der Waals surface area contributed by atoms with Crippen molar-refractivity contribution in [2.75, 3.05) is 0 Å². The highest BCUT2D eigenvalue weighted by molar-refractivity contribution is 6.23. The van der Waals surface area contributed by atoms with Gasteiger partial charge < -0.3 is 0 Å². The van der Waals surface area contributed by atoms with Crippen molar-refractivity contribution in [3.63, 3.8) is 0 Å². The summed E-state index contributed by atoms with van der Waals surface area (Å²) in [6, 6.07) is 0. The fraction of sp³-hybridized carbons (Fsp3) is 0. The zero-order valence-corrected chi connectivity index (χ0v) is 7.47. The van der Waals surface area contributed by atoms with Crippen molar-refractivity contribution >= 4 is 11.6 Å². The molecule has 0 unspecified atom stereocenters. The van der Waals surface area contributed by atoms with Crippen LogP contribution in [0.5, 0.6) is 0 Å². The Balaban J connectivity index is 3.28. The van der Waals surface area contributed by atoms with Crippen molar-refractivity contribution in [2.24, 2.45) is 0 Å². The minimum atomic E-state index is -1.62. The van der Waals surface area contributed by atoms with E-state index in [4.69, 9.17) is 10.5 Å². The Morgan fingerprint density at radius 2 is 1.19 bits per heavy atom. The molecule has 0 saturated carbocycles. The average molecular weight is 224 g/mol. The van der Waals surface area contributed by atoms with Crippen molar-refractivity contribution in [3.05, 3.63) is 23.0 Å². The van der Waals surface area contributed by atoms with Gasteiger partial charge in [0.05, 0.1) is 0 Å². The van der Waals surface area contributed by atoms with E-state index in [0.717, 1.165) is 0 Å². The number of nitrogens with one attached hydrogen (secondary N) is 2. The molecule has 0 fully saturated rings. The Morgan fingerprint density at radius 3 is 1.44 bits per heavy atom. The standard InChI is InChI=1S/C8H2F2N4O2/c9-3-5(13-1-11)7(15)4(10)6(8(3)16)14-2-12/h13-14H. The summed E-state index contributed by atoms with van der Waals surface area (Å²) in [5.74, 6) is -6.25. The number of allylic oxidation sites excluding steroid dienone is 2. The Labute approximate surface area is 87.4 Å². The molecule has 16 heavy (non-hydrogen) atoms. The van der Waals surface area contributed by atoms with E-state index >= 15 is 0 Å². The van der Waals surface area contributed by atoms with Gasteiger partial charge in [-0.15, -0.1) is 0 Å². The molecule has 8 heteroatoms. The molecule has 0 aromatic rings. The molecular weight excluding hydrogens is 222 g/mol. The minimum absolute atomic E-state index is 1.08. The van der Waals surface area contributed by atoms with Gasteiger partial charge in [0.25, 0.3) is 0 Å². The number of rotatable bonds is 2. The van der Waals surface area contributed by atoms with Gasteiger partial charge >= 0.3 is 0 Å². The Hall–Kier alpha value is -2.74. The van der Waals surface area contributed by atoms with E-state index in [9.17, 15) is 18.4 Å². The van der Waals surface area contributed by atoms with Crippen LogP contribution in [0.1, 0.15) is 0 Å². The van der Waals surface area contributed by atoms with Gasteiger partial charge in [-0.1, -0.05) is 0 Å². The van der Waals surface area contributed by atoms with Crippen LogP contribution in [0.3, 0.4) is 0 Å². The lowest BCUT2D eigenvalue weighted by Gasteiger charge is -2.12. The predicted molar refractivity (Wildman–Crippen MR) is 43.8 cm³/mol. The van der Waals surface area contributed by atoms with Crippen LogP contribution in [0.25, 0.3) is 0 Å². The summed E-state index contributed by atoms with van der Waals surface area (Å²) in [7, 11) is 0. The molecule has 0 atom stereocenters. The number of hydrogen-bond acceptors (Lipinski definition) is 6. The van der Waals surface area contributed by atoms with Gasteiger partial charge in [-0.3, -0.25) is 20.2 Å². The summed E-state index contributed by atoms with van der Waals surface area (Å²) >= 11 is 0. The summed E-state index contributed by atoms with van der Waals surface area (Å²) in [6.45, 7) is 0. The molecule has 0 spiro atoms. The third kappa shape index (κ3) is 1.60. The second-order valence-electron chi connectivity index (χ2n) is 2.51. The Morgan fingerprint density at radius 1 is 0.875 bits per heavy atom. The topological polar surface area (TPSA) is 106 Å². The molecule has 1 aliphatic carbocycles. The third-order valence-corrected chi connectivity index (χ3v) is 1.65. The summed E-state index contributed by atoms with van der Waals surface area (Å²) < 4.78 is 26.3. The zero-order valence-electron chi connectivity index (χ0n) is 7.47. The largest absolute Gasteiger partial charge is 0.286 e. The number of halogens is 2. The van der Waals surface area contributed by atoms with Gasteiger partial charge in [0.1, 0.15) is 11.4 Å². The predicted octanol–water partition coefficient (Wildman–Crippen LogP) is -0.358. The first-order valence-electron chi connectivity index (χ1n) is 3.73. The Bertz CT molecular complexity index is 473. The Kier molecular flexibility index (Phi) is 2.97. The normalized spacial score (nSPS) is 15.8. The number of ketones is 2. The van der Waals surface area contributed by atoms with E-state index < -0.39 is 34.6 Å². The first-order chi connectivity index (χ1) is 7.54. The molecule has 0 radical (unpaired) electrons. The number of nitrogens with zero attached hydrogens (tertiary/aromatic N) is 2. The van der Waals surface area contributed by atoms with Gasteiger partial charge in [-0.05, 0) is 0 Å². The molecule has 1 aliphatic rings. The van der Waals surface area contributed by atoms with Crippen LogP contribution in [0.2, 0.25) is 0 Å². The fourth-order valence-corrected chi connectivity index (χ4v) is 0.981. The van der Waals surface area contributed by atoms with Crippen LogP contribution >= 0.6 is 0 Å². The van der Waals surface area contributed by atoms with Gasteiger partial charge in [0, 0.05) is 0 Å². The second-order valence-corrected chi connectivity index (χ2v) is 2.51. The maximum Gasteiger partial charge on any atom is 0.243 e. The van der Waals surface area contributed by atoms with Crippen LogP contribution in [0, 0.1) is 22.9 Å². The molecule has 0 amide bonds. The molecule has 6 nitrogen and oxygen atoms in total. The van der Waals surface area contributed by atoms with E-state index in [0.29, 0.717) is 0 Å². The first-order valence-corrected chi connectivity index (χ1v) is 3.73. The summed E-state index contributed by atoms with van der Waals surface area (Å²) in [5.41, 5.74) is -2.15. The zero-order chi connectivity index (χ0) is 12.3. The molecule has 0 aromatic carbocycles. The van der Waals surface area contributed by atoms with E-state index in [-0.39, 0.29) is 0 Å². The molecular formula is C8H2F2N4O2. The van der Waals surface area contributed by atoms with E-state index in [2.05, 4.69) is 0 Å². The molecule has 0 aromatic heterocycles. The minimum Gasteiger partial charge on any atom is -0.286 e. The molecule has 0 heterocycles. The number of carbonyl (C=O) groups excluding carboxylic acids is 2. The van der Waals surface area contributed by atoms with Gasteiger partial charge in [-0.2, -0.15) is 10.5 Å². The van der Waals surface area contributed by atoms with E-state index in [1.807, 2.05) is 0 Å². The van der Waals surface area contributed by atoms with Crippen molar-refractivity contribution in [2.45, 2.75) is 0 Å². The molecule has 0 aliphatic heterocycles. The third-order valence-electron chi connectivity index (χ3n) is 1.65. The molecule has 2 N–H and O–H groups in total. The van der Waals surface area contributed by atoms with Crippen LogP contribution in [0.15, 0.2) is 23.0 Å². The maximum atomic E-state index is 13.2. The lowest BCUT2D eigenvalue weighted by molar-refractivity contribution is -0.119. The first kappa shape index (κ1) is 11.3. The summed E-state index contributed by atoms with van der Waals surface area (Å²) in [4.78, 5) is 22.2. The lowest BCUT2D eigenvalue weighted by Crippen LogP contribution is -2.31. The maximum absolute atomic E-state index is 13.2. The van der Waals surface area contributed by atoms with Crippen LogP contribution < -0.4 is 10.6 Å². The highest BCUT2D eigenvalue weighted by Gasteiger charge is 2.36. The average Bonchev–Trinajstić information content (AvgIpc) is 2.28. The molecule has 0 bridgehead atoms.